The Morgan fingerprint density at radius 1 is 1.10 bits per heavy atom. The lowest BCUT2D eigenvalue weighted by Gasteiger charge is -2.06. The maximum absolute atomic E-state index is 11.7. The summed E-state index contributed by atoms with van der Waals surface area (Å²) in [4.78, 5) is 27.2. The highest BCUT2D eigenvalue weighted by atomic mass is 16.2. The number of rotatable bonds is 3. The van der Waals surface area contributed by atoms with E-state index in [0.29, 0.717) is 5.69 Å². The van der Waals surface area contributed by atoms with E-state index in [1.807, 2.05) is 19.1 Å². The maximum atomic E-state index is 11.7. The van der Waals surface area contributed by atoms with E-state index in [0.717, 1.165) is 11.1 Å². The summed E-state index contributed by atoms with van der Waals surface area (Å²) in [5.41, 5.74) is 4.40. The molecule has 0 saturated heterocycles. The van der Waals surface area contributed by atoms with Gasteiger partial charge in [-0.1, -0.05) is 18.2 Å². The normalized spacial score (nSPS) is 10.3. The predicted molar refractivity (Wildman–Crippen MR) is 79.8 cm³/mol. The second kappa shape index (κ2) is 6.95. The van der Waals surface area contributed by atoms with Crippen LogP contribution in [0.3, 0.4) is 0 Å². The van der Waals surface area contributed by atoms with Crippen molar-refractivity contribution in [3.63, 3.8) is 0 Å². The van der Waals surface area contributed by atoms with Crippen molar-refractivity contribution in [1.29, 1.82) is 0 Å². The first-order valence-electron chi connectivity index (χ1n) is 6.27. The van der Waals surface area contributed by atoms with Crippen LogP contribution < -0.4 is 10.7 Å². The molecule has 0 aliphatic rings. The molecule has 2 rings (SSSR count). The first kappa shape index (κ1) is 14.4. The van der Waals surface area contributed by atoms with Gasteiger partial charge in [-0.25, -0.2) is 5.43 Å². The minimum absolute atomic E-state index is 0.593. The van der Waals surface area contributed by atoms with E-state index in [1.54, 1.807) is 36.7 Å². The third kappa shape index (κ3) is 4.24. The van der Waals surface area contributed by atoms with Crippen LogP contribution in [-0.4, -0.2) is 23.0 Å². The second-order valence-electron chi connectivity index (χ2n) is 4.25. The predicted octanol–water partition coefficient (Wildman–Crippen LogP) is 1.48. The number of benzene rings is 1. The van der Waals surface area contributed by atoms with Crippen LogP contribution in [0.5, 0.6) is 0 Å². The van der Waals surface area contributed by atoms with E-state index in [1.165, 1.54) is 6.21 Å². The van der Waals surface area contributed by atoms with Gasteiger partial charge in [0.25, 0.3) is 0 Å². The average Bonchev–Trinajstić information content (AvgIpc) is 2.50. The van der Waals surface area contributed by atoms with E-state index in [2.05, 4.69) is 20.8 Å². The molecule has 0 fully saturated rings. The van der Waals surface area contributed by atoms with Gasteiger partial charge in [-0.15, -0.1) is 0 Å². The van der Waals surface area contributed by atoms with Crippen molar-refractivity contribution in [2.45, 2.75) is 6.92 Å². The zero-order valence-electron chi connectivity index (χ0n) is 11.4. The van der Waals surface area contributed by atoms with Crippen LogP contribution in [0.4, 0.5) is 5.69 Å². The Labute approximate surface area is 121 Å². The van der Waals surface area contributed by atoms with E-state index >= 15 is 0 Å². The molecule has 106 valence electrons. The van der Waals surface area contributed by atoms with Crippen molar-refractivity contribution in [3.8, 4) is 0 Å². The Bertz CT molecular complexity index is 668. The molecule has 21 heavy (non-hydrogen) atoms. The van der Waals surface area contributed by atoms with Crippen LogP contribution in [0.1, 0.15) is 11.1 Å². The van der Waals surface area contributed by atoms with E-state index in [-0.39, 0.29) is 0 Å². The molecule has 0 aliphatic carbocycles. The number of amides is 2. The van der Waals surface area contributed by atoms with E-state index < -0.39 is 11.8 Å². The molecule has 2 N–H and O–H groups in total. The molecule has 1 aromatic heterocycles. The minimum atomic E-state index is -0.830. The highest BCUT2D eigenvalue weighted by Gasteiger charge is 2.13. The molecule has 0 atom stereocenters. The van der Waals surface area contributed by atoms with Gasteiger partial charge in [0.2, 0.25) is 0 Å². The van der Waals surface area contributed by atoms with Crippen LogP contribution in [0.2, 0.25) is 0 Å². The van der Waals surface area contributed by atoms with Crippen molar-refractivity contribution >= 4 is 23.7 Å². The lowest BCUT2D eigenvalue weighted by molar-refractivity contribution is -0.136. The SMILES string of the molecule is Cc1ccccc1NC(=O)C(=O)N/N=C/c1ccncc1. The highest BCUT2D eigenvalue weighted by Crippen LogP contribution is 2.12. The number of carbonyl (C=O) groups is 2. The van der Waals surface area contributed by atoms with Crippen LogP contribution >= 0.6 is 0 Å². The van der Waals surface area contributed by atoms with E-state index in [4.69, 9.17) is 0 Å². The number of hydrogen-bond donors (Lipinski definition) is 2. The van der Waals surface area contributed by atoms with Gasteiger partial charge < -0.3 is 5.32 Å². The molecule has 0 bridgehead atoms. The van der Waals surface area contributed by atoms with Gasteiger partial charge in [-0.2, -0.15) is 5.10 Å². The van der Waals surface area contributed by atoms with Crippen LogP contribution in [-0.2, 0) is 9.59 Å². The quantitative estimate of drug-likeness (QED) is 0.508. The molecular formula is C15H14N4O2. The molecule has 0 spiro atoms. The number of aryl methyl sites for hydroxylation is 1. The molecule has 2 amide bonds. The summed E-state index contributed by atoms with van der Waals surface area (Å²) in [6.45, 7) is 1.84. The fourth-order valence-corrected chi connectivity index (χ4v) is 1.56. The van der Waals surface area contributed by atoms with Gasteiger partial charge in [-0.3, -0.25) is 14.6 Å². The molecule has 1 aromatic carbocycles. The molecule has 6 nitrogen and oxygen atoms in total. The standard InChI is InChI=1S/C15H14N4O2/c1-11-4-2-3-5-13(11)18-14(20)15(21)19-17-10-12-6-8-16-9-7-12/h2-10H,1H3,(H,18,20)(H,19,21)/b17-10+. The lowest BCUT2D eigenvalue weighted by atomic mass is 10.2. The summed E-state index contributed by atoms with van der Waals surface area (Å²) >= 11 is 0. The number of nitrogens with one attached hydrogen (secondary N) is 2. The third-order valence-electron chi connectivity index (χ3n) is 2.69. The van der Waals surface area contributed by atoms with Crippen LogP contribution in [0.25, 0.3) is 0 Å². The molecule has 0 radical (unpaired) electrons. The van der Waals surface area contributed by atoms with Gasteiger partial charge in [0.15, 0.2) is 0 Å². The molecule has 1 heterocycles. The number of pyridine rings is 1. The average molecular weight is 282 g/mol. The topological polar surface area (TPSA) is 83.5 Å². The molecule has 2 aromatic rings. The number of nitrogens with zero attached hydrogens (tertiary/aromatic N) is 2. The minimum Gasteiger partial charge on any atom is -0.317 e. The first-order chi connectivity index (χ1) is 10.2. The number of hydrazone groups is 1. The van der Waals surface area contributed by atoms with Crippen molar-refractivity contribution in [2.75, 3.05) is 5.32 Å². The number of hydrogen-bond acceptors (Lipinski definition) is 4. The van der Waals surface area contributed by atoms with Gasteiger partial charge in [-0.05, 0) is 36.2 Å². The second-order valence-corrected chi connectivity index (χ2v) is 4.25. The smallest absolute Gasteiger partial charge is 0.317 e. The summed E-state index contributed by atoms with van der Waals surface area (Å²) < 4.78 is 0. The monoisotopic (exact) mass is 282 g/mol. The maximum Gasteiger partial charge on any atom is 0.329 e. The van der Waals surface area contributed by atoms with Gasteiger partial charge >= 0.3 is 11.8 Å². The van der Waals surface area contributed by atoms with Crippen molar-refractivity contribution in [2.24, 2.45) is 5.10 Å². The van der Waals surface area contributed by atoms with Crippen molar-refractivity contribution in [1.82, 2.24) is 10.4 Å². The molecular weight excluding hydrogens is 268 g/mol. The number of aromatic nitrogens is 1. The fraction of sp³-hybridized carbons (Fsp3) is 0.0667. The van der Waals surface area contributed by atoms with Crippen LogP contribution in [0, 0.1) is 6.92 Å². The van der Waals surface area contributed by atoms with Crippen LogP contribution in [0.15, 0.2) is 53.9 Å². The molecule has 0 aliphatic heterocycles. The Balaban J connectivity index is 1.90. The highest BCUT2D eigenvalue weighted by molar-refractivity contribution is 6.39. The Hall–Kier alpha value is -3.02. The zero-order valence-corrected chi connectivity index (χ0v) is 11.4. The molecule has 6 heteroatoms. The van der Waals surface area contributed by atoms with Gasteiger partial charge in [0, 0.05) is 18.1 Å². The Morgan fingerprint density at radius 3 is 2.52 bits per heavy atom. The summed E-state index contributed by atoms with van der Waals surface area (Å²) in [6.07, 6.45) is 4.64. The van der Waals surface area contributed by atoms with Crippen molar-refractivity contribution in [3.05, 3.63) is 59.9 Å². The van der Waals surface area contributed by atoms with E-state index in [9.17, 15) is 9.59 Å². The molecule has 0 unspecified atom stereocenters. The lowest BCUT2D eigenvalue weighted by Crippen LogP contribution is -2.32. The summed E-state index contributed by atoms with van der Waals surface area (Å²) in [5.74, 6) is -1.60. The van der Waals surface area contributed by atoms with Gasteiger partial charge in [0.05, 0.1) is 6.21 Å². The summed E-state index contributed by atoms with van der Waals surface area (Å²) in [5, 5.41) is 6.24. The molecule has 0 saturated carbocycles. The summed E-state index contributed by atoms with van der Waals surface area (Å²) in [7, 11) is 0. The largest absolute Gasteiger partial charge is 0.329 e. The zero-order chi connectivity index (χ0) is 15.1. The Morgan fingerprint density at radius 2 is 1.81 bits per heavy atom. The fourth-order valence-electron chi connectivity index (χ4n) is 1.56. The first-order valence-corrected chi connectivity index (χ1v) is 6.27. The summed E-state index contributed by atoms with van der Waals surface area (Å²) in [6, 6.07) is 10.6. The van der Waals surface area contributed by atoms with Crippen molar-refractivity contribution < 1.29 is 9.59 Å². The van der Waals surface area contributed by atoms with Gasteiger partial charge in [0.1, 0.15) is 0 Å². The Kier molecular flexibility index (Phi) is 4.76. The number of carbonyl (C=O) groups excluding carboxylic acids is 2. The number of para-hydroxylation sites is 1. The third-order valence-corrected chi connectivity index (χ3v) is 2.69. The number of anilines is 1.